The van der Waals surface area contributed by atoms with Gasteiger partial charge in [-0.15, -0.1) is 0 Å². The molecule has 1 rings (SSSR count). The molecule has 0 saturated heterocycles. The summed E-state index contributed by atoms with van der Waals surface area (Å²) in [5, 5.41) is 1.91. The highest BCUT2D eigenvalue weighted by molar-refractivity contribution is 5.80. The molecule has 0 aromatic carbocycles. The van der Waals surface area contributed by atoms with Gasteiger partial charge >= 0.3 is 12.3 Å². The molecule has 0 aliphatic heterocycles. The summed E-state index contributed by atoms with van der Waals surface area (Å²) in [5.41, 5.74) is -3.23. The highest BCUT2D eigenvalue weighted by atomic mass is 19.4. The van der Waals surface area contributed by atoms with Gasteiger partial charge in [0.05, 0.1) is 0 Å². The average molecular weight is 281 g/mol. The van der Waals surface area contributed by atoms with Gasteiger partial charge in [0.15, 0.2) is 0 Å². The van der Waals surface area contributed by atoms with Gasteiger partial charge in [-0.05, 0) is 33.6 Å². The summed E-state index contributed by atoms with van der Waals surface area (Å²) in [5.74, 6) is -0.217. The van der Waals surface area contributed by atoms with Crippen LogP contribution in [0.5, 0.6) is 0 Å². The molecular weight excluding hydrogens is 263 g/mol. The van der Waals surface area contributed by atoms with Gasteiger partial charge in [-0.3, -0.25) is 4.79 Å². The minimum atomic E-state index is -4.61. The van der Waals surface area contributed by atoms with E-state index in [9.17, 15) is 22.8 Å². The Bertz CT molecular complexity index is 361. The van der Waals surface area contributed by atoms with E-state index in [1.54, 1.807) is 20.8 Å². The lowest BCUT2D eigenvalue weighted by Crippen LogP contribution is -2.61. The molecule has 0 unspecified atom stereocenters. The monoisotopic (exact) mass is 281 g/mol. The van der Waals surface area contributed by atoms with Crippen LogP contribution in [0.1, 0.15) is 46.5 Å². The molecule has 1 fully saturated rings. The molecule has 0 aromatic heterocycles. The van der Waals surface area contributed by atoms with Crippen molar-refractivity contribution in [2.75, 3.05) is 0 Å². The number of nitrogens with one attached hydrogen (secondary N) is 1. The first-order valence-corrected chi connectivity index (χ1v) is 6.05. The quantitative estimate of drug-likeness (QED) is 0.804. The number of alkyl carbamates (subject to hydrolysis) is 1. The zero-order chi connectivity index (χ0) is 14.9. The minimum absolute atomic E-state index is 0.185. The summed E-state index contributed by atoms with van der Waals surface area (Å²) in [6.07, 6.45) is -6.96. The molecule has 110 valence electrons. The molecule has 0 spiro atoms. The lowest BCUT2D eigenvalue weighted by atomic mass is 9.80. The van der Waals surface area contributed by atoms with Gasteiger partial charge in [-0.1, -0.05) is 0 Å². The van der Waals surface area contributed by atoms with Gasteiger partial charge in [-0.2, -0.15) is 13.2 Å². The number of halogens is 3. The molecule has 1 N–H and O–H groups in total. The summed E-state index contributed by atoms with van der Waals surface area (Å²) >= 11 is 0. The Hall–Kier alpha value is -1.27. The van der Waals surface area contributed by atoms with Crippen molar-refractivity contribution in [1.82, 2.24) is 5.32 Å². The molecule has 1 amide bonds. The molecule has 1 saturated carbocycles. The molecule has 0 heterocycles. The number of Topliss-reactive ketones (excluding diaryl/α,β-unsaturated/α-hetero) is 1. The van der Waals surface area contributed by atoms with Crippen LogP contribution in [-0.2, 0) is 9.53 Å². The molecule has 4 nitrogen and oxygen atoms in total. The summed E-state index contributed by atoms with van der Waals surface area (Å²) < 4.78 is 44.3. The number of hydrogen-bond donors (Lipinski definition) is 1. The first-order chi connectivity index (χ1) is 8.45. The van der Waals surface area contributed by atoms with Crippen LogP contribution in [0.15, 0.2) is 0 Å². The molecular formula is C12H18F3NO3. The second kappa shape index (κ2) is 5.02. The van der Waals surface area contributed by atoms with Gasteiger partial charge in [0, 0.05) is 12.8 Å². The Kier molecular flexibility index (Phi) is 4.17. The van der Waals surface area contributed by atoms with Crippen molar-refractivity contribution in [3.05, 3.63) is 0 Å². The molecule has 0 bridgehead atoms. The number of rotatable bonds is 1. The number of hydrogen-bond acceptors (Lipinski definition) is 3. The molecule has 1 aliphatic rings. The molecule has 1 aliphatic carbocycles. The SMILES string of the molecule is CC(C)(C)OC(=O)NC1(C(F)(F)F)CCC(=O)CC1. The Balaban J connectivity index is 2.83. The van der Waals surface area contributed by atoms with Gasteiger partial charge in [0.2, 0.25) is 0 Å². The number of ketones is 1. The normalized spacial score (nSPS) is 20.0. The Labute approximate surface area is 109 Å². The number of carbonyl (C=O) groups is 2. The molecule has 19 heavy (non-hydrogen) atoms. The van der Waals surface area contributed by atoms with E-state index in [2.05, 4.69) is 0 Å². The standard InChI is InChI=1S/C12H18F3NO3/c1-10(2,3)19-9(18)16-11(12(13,14)15)6-4-8(17)5-7-11/h4-7H2,1-3H3,(H,16,18). The summed E-state index contributed by atoms with van der Waals surface area (Å²) in [7, 11) is 0. The topological polar surface area (TPSA) is 55.4 Å². The zero-order valence-electron chi connectivity index (χ0n) is 11.2. The van der Waals surface area contributed by atoms with Crippen molar-refractivity contribution in [3.63, 3.8) is 0 Å². The van der Waals surface area contributed by atoms with Crippen LogP contribution in [-0.4, -0.2) is 29.2 Å². The van der Waals surface area contributed by atoms with E-state index in [0.717, 1.165) is 0 Å². The second-order valence-electron chi connectivity index (χ2n) is 5.75. The highest BCUT2D eigenvalue weighted by Gasteiger charge is 2.57. The van der Waals surface area contributed by atoms with Crippen molar-refractivity contribution < 1.29 is 27.5 Å². The second-order valence-corrected chi connectivity index (χ2v) is 5.75. The van der Waals surface area contributed by atoms with Crippen molar-refractivity contribution in [1.29, 1.82) is 0 Å². The van der Waals surface area contributed by atoms with Crippen molar-refractivity contribution in [3.8, 4) is 0 Å². The maximum atomic E-state index is 13.1. The Morgan fingerprint density at radius 2 is 1.68 bits per heavy atom. The fraction of sp³-hybridized carbons (Fsp3) is 0.833. The van der Waals surface area contributed by atoms with Crippen LogP contribution in [0, 0.1) is 0 Å². The van der Waals surface area contributed by atoms with E-state index in [1.165, 1.54) is 0 Å². The van der Waals surface area contributed by atoms with Gasteiger partial charge in [0.25, 0.3) is 0 Å². The number of carbonyl (C=O) groups excluding carboxylic acids is 2. The largest absolute Gasteiger partial charge is 0.444 e. The van der Waals surface area contributed by atoms with Gasteiger partial charge in [-0.25, -0.2) is 4.79 Å². The van der Waals surface area contributed by atoms with E-state index in [1.807, 2.05) is 5.32 Å². The third kappa shape index (κ3) is 4.11. The van der Waals surface area contributed by atoms with Crippen LogP contribution in [0.3, 0.4) is 0 Å². The van der Waals surface area contributed by atoms with E-state index < -0.39 is 36.3 Å². The lowest BCUT2D eigenvalue weighted by molar-refractivity contribution is -0.203. The molecule has 0 atom stereocenters. The van der Waals surface area contributed by atoms with Crippen molar-refractivity contribution in [2.24, 2.45) is 0 Å². The van der Waals surface area contributed by atoms with Crippen molar-refractivity contribution in [2.45, 2.75) is 63.8 Å². The first kappa shape index (κ1) is 15.8. The fourth-order valence-electron chi connectivity index (χ4n) is 1.93. The predicted octanol–water partition coefficient (Wildman–Crippen LogP) is 2.96. The third-order valence-corrected chi connectivity index (χ3v) is 2.94. The summed E-state index contributed by atoms with van der Waals surface area (Å²) in [6.45, 7) is 4.70. The smallest absolute Gasteiger partial charge is 0.411 e. The fourth-order valence-corrected chi connectivity index (χ4v) is 1.93. The Morgan fingerprint density at radius 1 is 1.21 bits per heavy atom. The predicted molar refractivity (Wildman–Crippen MR) is 61.6 cm³/mol. The third-order valence-electron chi connectivity index (χ3n) is 2.94. The van der Waals surface area contributed by atoms with Crippen LogP contribution in [0.2, 0.25) is 0 Å². The first-order valence-electron chi connectivity index (χ1n) is 6.05. The molecule has 7 heteroatoms. The Morgan fingerprint density at radius 3 is 2.05 bits per heavy atom. The number of amides is 1. The van der Waals surface area contributed by atoms with E-state index >= 15 is 0 Å². The maximum Gasteiger partial charge on any atom is 0.411 e. The van der Waals surface area contributed by atoms with Crippen LogP contribution < -0.4 is 5.32 Å². The van der Waals surface area contributed by atoms with Gasteiger partial charge < -0.3 is 10.1 Å². The maximum absolute atomic E-state index is 13.1. The molecule has 0 aromatic rings. The lowest BCUT2D eigenvalue weighted by Gasteiger charge is -2.39. The van der Waals surface area contributed by atoms with E-state index in [0.29, 0.717) is 0 Å². The van der Waals surface area contributed by atoms with Crippen LogP contribution in [0.25, 0.3) is 0 Å². The van der Waals surface area contributed by atoms with Crippen LogP contribution in [0.4, 0.5) is 18.0 Å². The van der Waals surface area contributed by atoms with E-state index in [-0.39, 0.29) is 18.6 Å². The van der Waals surface area contributed by atoms with E-state index in [4.69, 9.17) is 4.74 Å². The average Bonchev–Trinajstić information content (AvgIpc) is 2.17. The van der Waals surface area contributed by atoms with Crippen LogP contribution >= 0.6 is 0 Å². The molecule has 0 radical (unpaired) electrons. The zero-order valence-corrected chi connectivity index (χ0v) is 11.2. The summed E-state index contributed by atoms with van der Waals surface area (Å²) in [6, 6.07) is 0. The van der Waals surface area contributed by atoms with Gasteiger partial charge in [0.1, 0.15) is 16.9 Å². The number of alkyl halides is 3. The highest BCUT2D eigenvalue weighted by Crippen LogP contribution is 2.40. The van der Waals surface area contributed by atoms with Crippen molar-refractivity contribution >= 4 is 11.9 Å². The number of ether oxygens (including phenoxy) is 1. The summed E-state index contributed by atoms with van der Waals surface area (Å²) in [4.78, 5) is 22.6. The minimum Gasteiger partial charge on any atom is -0.444 e.